The van der Waals surface area contributed by atoms with Crippen LogP contribution in [0.5, 0.6) is 0 Å². The fraction of sp³-hybridized carbons (Fsp3) is 0.875. The van der Waals surface area contributed by atoms with Crippen LogP contribution < -0.4 is 10.6 Å². The number of aliphatic hydroxyl groups excluding tert-OH is 1. The molecule has 3 saturated carbocycles. The van der Waals surface area contributed by atoms with E-state index in [0.717, 1.165) is 38.7 Å². The van der Waals surface area contributed by atoms with Gasteiger partial charge < -0.3 is 25.2 Å². The van der Waals surface area contributed by atoms with Gasteiger partial charge in [-0.25, -0.2) is 0 Å². The van der Waals surface area contributed by atoms with Crippen LogP contribution in [0.2, 0.25) is 0 Å². The summed E-state index contributed by atoms with van der Waals surface area (Å²) in [5, 5.41) is 14.6. The number of carbonyl (C=O) groups is 2. The summed E-state index contributed by atoms with van der Waals surface area (Å²) in [6.45, 7) is 10.7. The molecule has 3 N–H and O–H groups in total. The summed E-state index contributed by atoms with van der Waals surface area (Å²) in [5.74, 6) is 2.90. The molecular formula is C32H50N2O5. The van der Waals surface area contributed by atoms with Gasteiger partial charge in [-0.1, -0.05) is 39.3 Å². The lowest BCUT2D eigenvalue weighted by atomic mass is 9.46. The number of nitrogens with one attached hydrogen (secondary N) is 2. The zero-order chi connectivity index (χ0) is 27.6. The maximum absolute atomic E-state index is 12.5. The van der Waals surface area contributed by atoms with E-state index >= 15 is 0 Å². The lowest BCUT2D eigenvalue weighted by Crippen LogP contribution is -2.53. The lowest BCUT2D eigenvalue weighted by Gasteiger charge is -2.58. The second-order valence-electron chi connectivity index (χ2n) is 14.5. The van der Waals surface area contributed by atoms with Gasteiger partial charge in [0, 0.05) is 24.9 Å². The molecule has 2 aliphatic heterocycles. The first-order chi connectivity index (χ1) is 18.6. The van der Waals surface area contributed by atoms with Gasteiger partial charge in [0.2, 0.25) is 11.8 Å². The summed E-state index contributed by atoms with van der Waals surface area (Å²) in [6, 6.07) is 0.0994. The standard InChI is InChI=1S/C32H50N2O5/c1-19-7-12-32(38-18-19)20(2)29-26(39-32)16-25-23-6-5-21-15-22(34-28(37)17-27(36)33-13-14-35)8-10-30(21,3)24(23)9-11-31(25,29)4/h5,19-20,22-26,29,35H,6-18H2,1-4H3,(H,33,36)(H,34,37)/t19-,20+,22?,23-,24+,25?,26+,29+,30+,31+,32-/m1/s1. The Kier molecular flexibility index (Phi) is 7.20. The Labute approximate surface area is 234 Å². The summed E-state index contributed by atoms with van der Waals surface area (Å²) in [6.07, 6.45) is 12.8. The normalized spacial score (nSPS) is 48.4. The van der Waals surface area contributed by atoms with E-state index in [2.05, 4.69) is 44.4 Å². The van der Waals surface area contributed by atoms with E-state index in [1.54, 1.807) is 0 Å². The first-order valence-electron chi connectivity index (χ1n) is 15.8. The summed E-state index contributed by atoms with van der Waals surface area (Å²) >= 11 is 0. The van der Waals surface area contributed by atoms with Crippen molar-refractivity contribution >= 4 is 11.8 Å². The molecule has 7 heteroatoms. The predicted octanol–water partition coefficient (Wildman–Crippen LogP) is 4.34. The molecule has 6 rings (SSSR count). The molecule has 218 valence electrons. The number of hydrogen-bond acceptors (Lipinski definition) is 5. The highest BCUT2D eigenvalue weighted by molar-refractivity contribution is 5.96. The largest absolute Gasteiger partial charge is 0.395 e. The van der Waals surface area contributed by atoms with Crippen LogP contribution >= 0.6 is 0 Å². The molecule has 0 aromatic carbocycles. The molecule has 11 atom stereocenters. The van der Waals surface area contributed by atoms with Gasteiger partial charge in [0.1, 0.15) is 6.42 Å². The van der Waals surface area contributed by atoms with E-state index < -0.39 is 0 Å². The molecule has 2 unspecified atom stereocenters. The zero-order valence-corrected chi connectivity index (χ0v) is 24.5. The molecule has 0 aromatic heterocycles. The predicted molar refractivity (Wildman–Crippen MR) is 148 cm³/mol. The SMILES string of the molecule is C[C@@H]1CC[C@@]2(OC1)O[C@H]1CC3[C@@H]4CC=C5CC(NC(=O)CC(=O)NCCO)CC[C@]5(C)[C@H]4CC[C@]3(C)[C@H]1[C@@H]2C. The molecule has 0 aromatic rings. The molecule has 2 saturated heterocycles. The Morgan fingerprint density at radius 3 is 2.64 bits per heavy atom. The lowest BCUT2D eigenvalue weighted by molar-refractivity contribution is -0.272. The number of aliphatic hydroxyl groups is 1. The van der Waals surface area contributed by atoms with Crippen LogP contribution in [0.1, 0.15) is 91.9 Å². The van der Waals surface area contributed by atoms with E-state index in [4.69, 9.17) is 14.6 Å². The third-order valence-electron chi connectivity index (χ3n) is 12.5. The third-order valence-corrected chi connectivity index (χ3v) is 12.5. The van der Waals surface area contributed by atoms with Crippen LogP contribution in [0.25, 0.3) is 0 Å². The fourth-order valence-corrected chi connectivity index (χ4v) is 10.5. The number of rotatable bonds is 5. The van der Waals surface area contributed by atoms with Gasteiger partial charge in [-0.05, 0) is 91.8 Å². The highest BCUT2D eigenvalue weighted by Gasteiger charge is 2.68. The van der Waals surface area contributed by atoms with E-state index in [1.165, 1.54) is 31.3 Å². The highest BCUT2D eigenvalue weighted by Crippen LogP contribution is 2.70. The number of allylic oxidation sites excluding steroid dienone is 1. The van der Waals surface area contributed by atoms with Crippen molar-refractivity contribution in [1.82, 2.24) is 10.6 Å². The van der Waals surface area contributed by atoms with Crippen LogP contribution in [0.4, 0.5) is 0 Å². The van der Waals surface area contributed by atoms with E-state index in [0.29, 0.717) is 47.0 Å². The second kappa shape index (κ2) is 10.1. The molecule has 5 fully saturated rings. The average molecular weight is 543 g/mol. The second-order valence-corrected chi connectivity index (χ2v) is 14.5. The molecular weight excluding hydrogens is 492 g/mol. The third kappa shape index (κ3) is 4.50. The number of carbonyl (C=O) groups excluding carboxylic acids is 2. The molecule has 39 heavy (non-hydrogen) atoms. The van der Waals surface area contributed by atoms with Crippen LogP contribution in [-0.4, -0.2) is 54.6 Å². The van der Waals surface area contributed by atoms with Crippen molar-refractivity contribution in [1.29, 1.82) is 0 Å². The van der Waals surface area contributed by atoms with Crippen molar-refractivity contribution in [2.45, 2.75) is 110 Å². The first kappa shape index (κ1) is 27.7. The maximum atomic E-state index is 12.5. The van der Waals surface area contributed by atoms with Crippen molar-refractivity contribution in [3.8, 4) is 0 Å². The minimum absolute atomic E-state index is 0.0994. The topological polar surface area (TPSA) is 96.9 Å². The number of hydrogen-bond donors (Lipinski definition) is 3. The fourth-order valence-electron chi connectivity index (χ4n) is 10.5. The van der Waals surface area contributed by atoms with Gasteiger partial charge in [-0.2, -0.15) is 0 Å². The first-order valence-corrected chi connectivity index (χ1v) is 15.8. The van der Waals surface area contributed by atoms with E-state index in [9.17, 15) is 9.59 Å². The summed E-state index contributed by atoms with van der Waals surface area (Å²) < 4.78 is 13.4. The molecule has 2 amide bonds. The number of fused-ring (bicyclic) bond motifs is 7. The minimum atomic E-state index is -0.347. The summed E-state index contributed by atoms with van der Waals surface area (Å²) in [4.78, 5) is 24.4. The van der Waals surface area contributed by atoms with Gasteiger partial charge >= 0.3 is 0 Å². The van der Waals surface area contributed by atoms with Crippen molar-refractivity contribution in [2.75, 3.05) is 19.8 Å². The smallest absolute Gasteiger partial charge is 0.229 e. The summed E-state index contributed by atoms with van der Waals surface area (Å²) in [5.41, 5.74) is 2.06. The molecule has 1 spiro atoms. The monoisotopic (exact) mass is 542 g/mol. The van der Waals surface area contributed by atoms with Gasteiger partial charge in [0.15, 0.2) is 5.79 Å². The Morgan fingerprint density at radius 1 is 1.08 bits per heavy atom. The van der Waals surface area contributed by atoms with Crippen molar-refractivity contribution in [2.24, 2.45) is 46.3 Å². The maximum Gasteiger partial charge on any atom is 0.229 e. The molecule has 7 nitrogen and oxygen atoms in total. The Hall–Kier alpha value is -1.44. The van der Waals surface area contributed by atoms with Crippen LogP contribution in [-0.2, 0) is 19.1 Å². The Bertz CT molecular complexity index is 1000. The van der Waals surface area contributed by atoms with E-state index in [-0.39, 0.29) is 48.6 Å². The average Bonchev–Trinajstić information content (AvgIpc) is 3.34. The summed E-state index contributed by atoms with van der Waals surface area (Å²) in [7, 11) is 0. The molecule has 0 bridgehead atoms. The molecule has 2 heterocycles. The van der Waals surface area contributed by atoms with Crippen LogP contribution in [0, 0.1) is 46.3 Å². The van der Waals surface area contributed by atoms with Gasteiger partial charge in [-0.3, -0.25) is 9.59 Å². The Balaban J connectivity index is 1.13. The van der Waals surface area contributed by atoms with E-state index in [1.807, 2.05) is 0 Å². The molecule has 4 aliphatic carbocycles. The van der Waals surface area contributed by atoms with Gasteiger partial charge in [0.25, 0.3) is 0 Å². The highest BCUT2D eigenvalue weighted by atomic mass is 16.7. The molecule has 0 radical (unpaired) electrons. The Morgan fingerprint density at radius 2 is 1.90 bits per heavy atom. The van der Waals surface area contributed by atoms with Crippen LogP contribution in [0.3, 0.4) is 0 Å². The van der Waals surface area contributed by atoms with Crippen molar-refractivity contribution in [3.63, 3.8) is 0 Å². The molecule has 6 aliphatic rings. The number of ether oxygens (including phenoxy) is 2. The van der Waals surface area contributed by atoms with Crippen LogP contribution in [0.15, 0.2) is 11.6 Å². The minimum Gasteiger partial charge on any atom is -0.395 e. The van der Waals surface area contributed by atoms with Crippen molar-refractivity contribution < 1.29 is 24.2 Å². The van der Waals surface area contributed by atoms with Gasteiger partial charge in [-0.15, -0.1) is 0 Å². The van der Waals surface area contributed by atoms with Crippen molar-refractivity contribution in [3.05, 3.63) is 11.6 Å². The zero-order valence-electron chi connectivity index (χ0n) is 24.5. The number of amides is 2. The van der Waals surface area contributed by atoms with Gasteiger partial charge in [0.05, 0.1) is 19.3 Å². The quantitative estimate of drug-likeness (QED) is 0.355.